The van der Waals surface area contributed by atoms with Crippen LogP contribution in [-0.2, 0) is 17.2 Å². The van der Waals surface area contributed by atoms with E-state index >= 15 is 0 Å². The number of nitrogens with zero attached hydrogens (tertiary/aromatic N) is 1. The third kappa shape index (κ3) is 5.36. The van der Waals surface area contributed by atoms with Crippen molar-refractivity contribution in [1.29, 1.82) is 0 Å². The lowest BCUT2D eigenvalue weighted by Crippen LogP contribution is -2.21. The second kappa shape index (κ2) is 2.87. The molecular weight excluding hydrogens is 138 g/mol. The SMILES string of the molecule is CC(C)(C)OC(=O)N=S. The topological polar surface area (TPSA) is 38.7 Å². The highest BCUT2D eigenvalue weighted by Gasteiger charge is 2.14. The fraction of sp³-hybridized carbons (Fsp3) is 0.800. The molecule has 0 aromatic rings. The average molecular weight is 147 g/mol. The van der Waals surface area contributed by atoms with Crippen LogP contribution in [0.3, 0.4) is 0 Å². The second-order valence-electron chi connectivity index (χ2n) is 2.57. The van der Waals surface area contributed by atoms with Crippen molar-refractivity contribution in [2.45, 2.75) is 26.4 Å². The summed E-state index contributed by atoms with van der Waals surface area (Å²) in [6.45, 7) is 5.27. The van der Waals surface area contributed by atoms with Crippen LogP contribution in [0.1, 0.15) is 20.8 Å². The number of rotatable bonds is 0. The van der Waals surface area contributed by atoms with Gasteiger partial charge in [-0.3, -0.25) is 0 Å². The fourth-order valence-electron chi connectivity index (χ4n) is 0.281. The van der Waals surface area contributed by atoms with Crippen molar-refractivity contribution in [1.82, 2.24) is 0 Å². The molecule has 3 nitrogen and oxygen atoms in total. The van der Waals surface area contributed by atoms with Crippen LogP contribution in [0.5, 0.6) is 0 Å². The van der Waals surface area contributed by atoms with Crippen molar-refractivity contribution >= 4 is 18.5 Å². The Labute approximate surface area is 59.6 Å². The highest BCUT2D eigenvalue weighted by atomic mass is 32.1. The monoisotopic (exact) mass is 147 g/mol. The highest BCUT2D eigenvalue weighted by molar-refractivity contribution is 7.47. The number of ether oxygens (including phenoxy) is 1. The first-order valence-corrected chi connectivity index (χ1v) is 2.88. The molecule has 0 unspecified atom stereocenters. The zero-order chi connectivity index (χ0) is 7.49. The molecule has 0 spiro atoms. The first kappa shape index (κ1) is 8.49. The fourth-order valence-corrected chi connectivity index (χ4v) is 0.318. The summed E-state index contributed by atoms with van der Waals surface area (Å²) in [5.74, 6) is 0. The van der Waals surface area contributed by atoms with E-state index in [1.54, 1.807) is 20.8 Å². The molecule has 0 aliphatic carbocycles. The number of carbonyl (C=O) groups excluding carboxylic acids is 1. The Kier molecular flexibility index (Phi) is 2.70. The molecule has 9 heavy (non-hydrogen) atoms. The minimum Gasteiger partial charge on any atom is -0.442 e. The van der Waals surface area contributed by atoms with Gasteiger partial charge in [0.25, 0.3) is 0 Å². The Morgan fingerprint density at radius 1 is 1.56 bits per heavy atom. The average Bonchev–Trinajstić information content (AvgIpc) is 1.62. The summed E-state index contributed by atoms with van der Waals surface area (Å²) in [5, 5.41) is 0. The van der Waals surface area contributed by atoms with Crippen molar-refractivity contribution in [2.75, 3.05) is 0 Å². The normalized spacial score (nSPS) is 10.6. The van der Waals surface area contributed by atoms with E-state index in [0.29, 0.717) is 0 Å². The summed E-state index contributed by atoms with van der Waals surface area (Å²) in [6.07, 6.45) is -0.697. The van der Waals surface area contributed by atoms with Gasteiger partial charge in [0.05, 0.1) is 0 Å². The van der Waals surface area contributed by atoms with E-state index in [2.05, 4.69) is 21.5 Å². The number of hydrogen-bond donors (Lipinski definition) is 0. The molecule has 0 radical (unpaired) electrons. The molecule has 0 rings (SSSR count). The Bertz CT molecular complexity index is 127. The largest absolute Gasteiger partial charge is 0.445 e. The van der Waals surface area contributed by atoms with Gasteiger partial charge in [0, 0.05) is 12.4 Å². The highest BCUT2D eigenvalue weighted by Crippen LogP contribution is 2.07. The molecule has 0 aromatic carbocycles. The van der Waals surface area contributed by atoms with Crippen LogP contribution in [0, 0.1) is 0 Å². The summed E-state index contributed by atoms with van der Waals surface area (Å²) in [5.41, 5.74) is -0.487. The number of carbonyl (C=O) groups is 1. The van der Waals surface area contributed by atoms with Crippen molar-refractivity contribution in [2.24, 2.45) is 4.36 Å². The summed E-state index contributed by atoms with van der Waals surface area (Å²) in [7, 11) is 0. The van der Waals surface area contributed by atoms with E-state index in [4.69, 9.17) is 0 Å². The zero-order valence-corrected chi connectivity index (χ0v) is 6.49. The zero-order valence-electron chi connectivity index (χ0n) is 5.67. The van der Waals surface area contributed by atoms with Crippen molar-refractivity contribution in [3.8, 4) is 0 Å². The molecule has 1 amide bonds. The van der Waals surface area contributed by atoms with Crippen LogP contribution in [0.15, 0.2) is 4.36 Å². The van der Waals surface area contributed by atoms with E-state index in [0.717, 1.165) is 0 Å². The molecule has 52 valence electrons. The van der Waals surface area contributed by atoms with Crippen molar-refractivity contribution in [3.05, 3.63) is 0 Å². The maximum absolute atomic E-state index is 10.3. The molecule has 0 saturated carbocycles. The van der Waals surface area contributed by atoms with Crippen LogP contribution in [-0.4, -0.2) is 11.7 Å². The van der Waals surface area contributed by atoms with Gasteiger partial charge in [-0.2, -0.15) is 0 Å². The third-order valence-electron chi connectivity index (χ3n) is 0.468. The lowest BCUT2D eigenvalue weighted by molar-refractivity contribution is 0.0609. The van der Waals surface area contributed by atoms with Crippen LogP contribution in [0.4, 0.5) is 4.79 Å². The minimum atomic E-state index is -0.697. The molecule has 4 heteroatoms. The van der Waals surface area contributed by atoms with Gasteiger partial charge in [-0.15, -0.1) is 4.36 Å². The smallest absolute Gasteiger partial charge is 0.442 e. The molecule has 0 N–H and O–H groups in total. The molecule has 0 aliphatic heterocycles. The number of hydrogen-bond acceptors (Lipinski definition) is 3. The molecule has 0 heterocycles. The summed E-state index contributed by atoms with van der Waals surface area (Å²) in [6, 6.07) is 0. The van der Waals surface area contributed by atoms with E-state index in [9.17, 15) is 4.79 Å². The van der Waals surface area contributed by atoms with Gasteiger partial charge in [0.1, 0.15) is 5.60 Å². The molecule has 0 saturated heterocycles. The lowest BCUT2D eigenvalue weighted by Gasteiger charge is -2.16. The molecule has 0 bridgehead atoms. The van der Waals surface area contributed by atoms with Crippen LogP contribution in [0.25, 0.3) is 0 Å². The van der Waals surface area contributed by atoms with Gasteiger partial charge in [-0.25, -0.2) is 4.79 Å². The lowest BCUT2D eigenvalue weighted by atomic mass is 10.2. The number of amides is 1. The Hall–Kier alpha value is -0.510. The summed E-state index contributed by atoms with van der Waals surface area (Å²) in [4.78, 5) is 10.3. The van der Waals surface area contributed by atoms with E-state index in [1.807, 2.05) is 0 Å². The first-order valence-electron chi connectivity index (χ1n) is 2.52. The predicted octanol–water partition coefficient (Wildman–Crippen LogP) is 1.65. The molecule has 0 aromatic heterocycles. The third-order valence-corrected chi connectivity index (χ3v) is 0.617. The molecule has 0 aliphatic rings. The maximum atomic E-state index is 10.3. The van der Waals surface area contributed by atoms with Crippen LogP contribution in [0.2, 0.25) is 0 Å². The van der Waals surface area contributed by atoms with Crippen molar-refractivity contribution in [3.63, 3.8) is 0 Å². The predicted molar refractivity (Wildman–Crippen MR) is 36.0 cm³/mol. The molecule has 0 fully saturated rings. The van der Waals surface area contributed by atoms with E-state index in [-0.39, 0.29) is 0 Å². The second-order valence-corrected chi connectivity index (χ2v) is 2.75. The Balaban J connectivity index is 3.74. The Morgan fingerprint density at radius 3 is 2.11 bits per heavy atom. The van der Waals surface area contributed by atoms with Gasteiger partial charge in [-0.1, -0.05) is 0 Å². The minimum absolute atomic E-state index is 0.487. The van der Waals surface area contributed by atoms with Gasteiger partial charge in [0.15, 0.2) is 0 Å². The van der Waals surface area contributed by atoms with Gasteiger partial charge in [0.2, 0.25) is 0 Å². The molecular formula is C5H9NO2S. The maximum Gasteiger partial charge on any atom is 0.445 e. The summed E-state index contributed by atoms with van der Waals surface area (Å²) >= 11 is 4.09. The van der Waals surface area contributed by atoms with E-state index in [1.165, 1.54) is 0 Å². The van der Waals surface area contributed by atoms with Gasteiger partial charge >= 0.3 is 6.09 Å². The van der Waals surface area contributed by atoms with Crippen LogP contribution >= 0.6 is 0 Å². The van der Waals surface area contributed by atoms with Gasteiger partial charge in [-0.05, 0) is 20.8 Å². The van der Waals surface area contributed by atoms with Crippen molar-refractivity contribution < 1.29 is 9.53 Å². The first-order chi connectivity index (χ1) is 3.95. The standard InChI is InChI=1S/C5H9NO2S/c1-5(2,3)8-4(7)6-9/h1-3H3. The Morgan fingerprint density at radius 2 is 2.00 bits per heavy atom. The molecule has 0 atom stereocenters. The van der Waals surface area contributed by atoms with Crippen LogP contribution < -0.4 is 0 Å². The van der Waals surface area contributed by atoms with Gasteiger partial charge < -0.3 is 4.74 Å². The van der Waals surface area contributed by atoms with E-state index < -0.39 is 11.7 Å². The summed E-state index contributed by atoms with van der Waals surface area (Å²) < 4.78 is 7.57. The quantitative estimate of drug-likeness (QED) is 0.523.